The van der Waals surface area contributed by atoms with Crippen molar-refractivity contribution in [2.24, 2.45) is 0 Å². The molecule has 18 heavy (non-hydrogen) atoms. The average Bonchev–Trinajstić information content (AvgIpc) is 2.73. The van der Waals surface area contributed by atoms with Crippen LogP contribution in [0, 0.1) is 0 Å². The van der Waals surface area contributed by atoms with Gasteiger partial charge >= 0.3 is 5.69 Å². The van der Waals surface area contributed by atoms with E-state index < -0.39 is 5.69 Å². The number of hydrogen-bond donors (Lipinski definition) is 2. The van der Waals surface area contributed by atoms with Crippen molar-refractivity contribution in [3.05, 3.63) is 33.1 Å². The number of rotatable bonds is 5. The molecule has 0 amide bonds. The standard InChI is InChI=1S/C12H18N4O2/c1-3-15(4-2)7-8-16-6-5-9-10(16)11(17)14-12(18)13-9/h5-6H,3-4,7-8H2,1-2H3,(H2,13,14,17,18). The lowest BCUT2D eigenvalue weighted by Crippen LogP contribution is -2.28. The Morgan fingerprint density at radius 2 is 1.94 bits per heavy atom. The Balaban J connectivity index is 2.30. The molecule has 2 N–H and O–H groups in total. The van der Waals surface area contributed by atoms with Crippen molar-refractivity contribution < 1.29 is 0 Å². The largest absolute Gasteiger partial charge is 0.340 e. The molecule has 0 aliphatic heterocycles. The fourth-order valence-corrected chi connectivity index (χ4v) is 2.12. The highest BCUT2D eigenvalue weighted by atomic mass is 16.2. The first-order valence-corrected chi connectivity index (χ1v) is 6.19. The van der Waals surface area contributed by atoms with Crippen LogP contribution in [0.2, 0.25) is 0 Å². The molecule has 98 valence electrons. The monoisotopic (exact) mass is 250 g/mol. The van der Waals surface area contributed by atoms with E-state index in [-0.39, 0.29) is 5.56 Å². The number of nitrogens with zero attached hydrogens (tertiary/aromatic N) is 2. The topological polar surface area (TPSA) is 73.9 Å². The van der Waals surface area contributed by atoms with Crippen molar-refractivity contribution in [2.75, 3.05) is 19.6 Å². The molecule has 0 saturated heterocycles. The highest BCUT2D eigenvalue weighted by Gasteiger charge is 2.07. The number of hydrogen-bond acceptors (Lipinski definition) is 3. The van der Waals surface area contributed by atoms with Gasteiger partial charge in [-0.25, -0.2) is 4.79 Å². The summed E-state index contributed by atoms with van der Waals surface area (Å²) in [5.41, 5.74) is 0.317. The van der Waals surface area contributed by atoms with Crippen molar-refractivity contribution in [1.29, 1.82) is 0 Å². The second-order valence-corrected chi connectivity index (χ2v) is 4.21. The zero-order chi connectivity index (χ0) is 13.1. The Bertz CT molecular complexity index is 633. The third kappa shape index (κ3) is 2.38. The van der Waals surface area contributed by atoms with E-state index in [2.05, 4.69) is 28.7 Å². The van der Waals surface area contributed by atoms with Crippen molar-refractivity contribution in [3.8, 4) is 0 Å². The number of aromatic amines is 2. The molecule has 2 aromatic rings. The molecule has 2 heterocycles. The summed E-state index contributed by atoms with van der Waals surface area (Å²) in [4.78, 5) is 30.1. The first-order valence-electron chi connectivity index (χ1n) is 6.19. The van der Waals surface area contributed by atoms with E-state index in [0.717, 1.165) is 26.2 Å². The Morgan fingerprint density at radius 3 is 2.61 bits per heavy atom. The van der Waals surface area contributed by atoms with Gasteiger partial charge in [-0.3, -0.25) is 9.78 Å². The lowest BCUT2D eigenvalue weighted by atomic mass is 10.4. The minimum Gasteiger partial charge on any atom is -0.340 e. The van der Waals surface area contributed by atoms with Crippen LogP contribution in [0.1, 0.15) is 13.8 Å². The second-order valence-electron chi connectivity index (χ2n) is 4.21. The maximum absolute atomic E-state index is 11.8. The molecular formula is C12H18N4O2. The number of aromatic nitrogens is 3. The van der Waals surface area contributed by atoms with E-state index in [1.54, 1.807) is 6.07 Å². The van der Waals surface area contributed by atoms with Gasteiger partial charge in [-0.15, -0.1) is 0 Å². The van der Waals surface area contributed by atoms with Crippen LogP contribution in [0.5, 0.6) is 0 Å². The van der Waals surface area contributed by atoms with Crippen LogP contribution >= 0.6 is 0 Å². The van der Waals surface area contributed by atoms with Gasteiger partial charge < -0.3 is 14.5 Å². The zero-order valence-electron chi connectivity index (χ0n) is 10.7. The minimum atomic E-state index is -0.464. The van der Waals surface area contributed by atoms with Gasteiger partial charge in [0.25, 0.3) is 5.56 Å². The van der Waals surface area contributed by atoms with Gasteiger partial charge in [0.1, 0.15) is 5.52 Å². The number of fused-ring (bicyclic) bond motifs is 1. The molecular weight excluding hydrogens is 232 g/mol. The molecule has 0 radical (unpaired) electrons. The fourth-order valence-electron chi connectivity index (χ4n) is 2.12. The predicted molar refractivity (Wildman–Crippen MR) is 71.0 cm³/mol. The van der Waals surface area contributed by atoms with Crippen molar-refractivity contribution in [2.45, 2.75) is 20.4 Å². The number of H-pyrrole nitrogens is 2. The summed E-state index contributed by atoms with van der Waals surface area (Å²) in [6.45, 7) is 7.82. The minimum absolute atomic E-state index is 0.335. The molecule has 0 aliphatic carbocycles. The maximum Gasteiger partial charge on any atom is 0.326 e. The third-order valence-corrected chi connectivity index (χ3v) is 3.21. The smallest absolute Gasteiger partial charge is 0.326 e. The lowest BCUT2D eigenvalue weighted by molar-refractivity contribution is 0.292. The van der Waals surface area contributed by atoms with E-state index in [0.29, 0.717) is 11.0 Å². The third-order valence-electron chi connectivity index (χ3n) is 3.21. The van der Waals surface area contributed by atoms with Gasteiger partial charge in [-0.1, -0.05) is 13.8 Å². The highest BCUT2D eigenvalue weighted by Crippen LogP contribution is 2.06. The molecule has 0 spiro atoms. The summed E-state index contributed by atoms with van der Waals surface area (Å²) in [5.74, 6) is 0. The van der Waals surface area contributed by atoms with Crippen LogP contribution in [0.25, 0.3) is 11.0 Å². The molecule has 6 nitrogen and oxygen atoms in total. The Morgan fingerprint density at radius 1 is 1.22 bits per heavy atom. The van der Waals surface area contributed by atoms with Gasteiger partial charge in [-0.2, -0.15) is 0 Å². The lowest BCUT2D eigenvalue weighted by Gasteiger charge is -2.18. The zero-order valence-corrected chi connectivity index (χ0v) is 10.7. The number of likely N-dealkylation sites (N-methyl/N-ethyl adjacent to an activating group) is 1. The van der Waals surface area contributed by atoms with E-state index >= 15 is 0 Å². The normalized spacial score (nSPS) is 11.5. The van der Waals surface area contributed by atoms with Crippen LogP contribution < -0.4 is 11.2 Å². The van der Waals surface area contributed by atoms with Crippen molar-refractivity contribution >= 4 is 11.0 Å². The van der Waals surface area contributed by atoms with Crippen molar-refractivity contribution in [3.63, 3.8) is 0 Å². The van der Waals surface area contributed by atoms with E-state index in [4.69, 9.17) is 0 Å². The molecule has 2 aromatic heterocycles. The Kier molecular flexibility index (Phi) is 3.66. The summed E-state index contributed by atoms with van der Waals surface area (Å²) < 4.78 is 1.88. The molecule has 0 saturated carbocycles. The summed E-state index contributed by atoms with van der Waals surface area (Å²) >= 11 is 0. The van der Waals surface area contributed by atoms with Gasteiger partial charge in [0.05, 0.1) is 5.52 Å². The van der Waals surface area contributed by atoms with Gasteiger partial charge in [0.15, 0.2) is 0 Å². The Hall–Kier alpha value is -1.82. The quantitative estimate of drug-likeness (QED) is 0.804. The van der Waals surface area contributed by atoms with Crippen molar-refractivity contribution in [1.82, 2.24) is 19.4 Å². The van der Waals surface area contributed by atoms with E-state index in [1.165, 1.54) is 0 Å². The molecule has 6 heteroatoms. The number of nitrogens with one attached hydrogen (secondary N) is 2. The molecule has 0 atom stereocenters. The average molecular weight is 250 g/mol. The van der Waals surface area contributed by atoms with E-state index in [9.17, 15) is 9.59 Å². The van der Waals surface area contributed by atoms with Crippen LogP contribution in [0.3, 0.4) is 0 Å². The van der Waals surface area contributed by atoms with Crippen LogP contribution in [0.15, 0.2) is 21.9 Å². The molecule has 0 unspecified atom stereocenters. The Labute approximate surface area is 104 Å². The summed E-state index contributed by atoms with van der Waals surface area (Å²) in [5, 5.41) is 0. The van der Waals surface area contributed by atoms with Crippen LogP contribution in [-0.4, -0.2) is 39.1 Å². The fraction of sp³-hybridized carbons (Fsp3) is 0.500. The summed E-state index contributed by atoms with van der Waals surface area (Å²) in [7, 11) is 0. The van der Waals surface area contributed by atoms with Crippen LogP contribution in [-0.2, 0) is 6.54 Å². The highest BCUT2D eigenvalue weighted by molar-refractivity contribution is 5.74. The van der Waals surface area contributed by atoms with Gasteiger partial charge in [0.2, 0.25) is 0 Å². The van der Waals surface area contributed by atoms with E-state index in [1.807, 2.05) is 10.8 Å². The molecule has 0 fully saturated rings. The molecule has 2 rings (SSSR count). The summed E-state index contributed by atoms with van der Waals surface area (Å²) in [6, 6.07) is 1.76. The first kappa shape index (κ1) is 12.6. The molecule has 0 aromatic carbocycles. The summed E-state index contributed by atoms with van der Waals surface area (Å²) in [6.07, 6.45) is 1.83. The van der Waals surface area contributed by atoms with Gasteiger partial charge in [0, 0.05) is 19.3 Å². The van der Waals surface area contributed by atoms with Crippen LogP contribution in [0.4, 0.5) is 0 Å². The molecule has 0 aliphatic rings. The van der Waals surface area contributed by atoms with Gasteiger partial charge in [-0.05, 0) is 19.2 Å². The molecule has 0 bridgehead atoms. The SMILES string of the molecule is CCN(CC)CCn1ccc2[nH]c(=O)[nH]c(=O)c21. The first-order chi connectivity index (χ1) is 8.65. The maximum atomic E-state index is 11.8. The second kappa shape index (κ2) is 5.22. The predicted octanol–water partition coefficient (Wildman–Crippen LogP) is 0.360.